The predicted molar refractivity (Wildman–Crippen MR) is 98.9 cm³/mol. The van der Waals surface area contributed by atoms with Crippen molar-refractivity contribution in [2.75, 3.05) is 6.61 Å². The molecule has 2 heterocycles. The van der Waals surface area contributed by atoms with E-state index in [-0.39, 0.29) is 29.2 Å². The molecule has 0 radical (unpaired) electrons. The molecule has 1 fully saturated rings. The van der Waals surface area contributed by atoms with Gasteiger partial charge in [0.25, 0.3) is 0 Å². The molecule has 0 bridgehead atoms. The number of carbonyl (C=O) groups is 2. The number of amides is 1. The van der Waals surface area contributed by atoms with E-state index < -0.39 is 12.0 Å². The van der Waals surface area contributed by atoms with Gasteiger partial charge in [0.15, 0.2) is 5.17 Å². The summed E-state index contributed by atoms with van der Waals surface area (Å²) in [7, 11) is 0. The first-order chi connectivity index (χ1) is 12.5. The van der Waals surface area contributed by atoms with Gasteiger partial charge in [-0.3, -0.25) is 9.69 Å². The number of ether oxygens (including phenoxy) is 1. The van der Waals surface area contributed by atoms with Gasteiger partial charge in [-0.2, -0.15) is 0 Å². The van der Waals surface area contributed by atoms with Crippen LogP contribution >= 0.6 is 11.8 Å². The van der Waals surface area contributed by atoms with Gasteiger partial charge in [0.05, 0.1) is 22.6 Å². The number of rotatable bonds is 5. The second kappa shape index (κ2) is 7.45. The zero-order chi connectivity index (χ0) is 18.8. The minimum absolute atomic E-state index is 0.0581. The Balaban J connectivity index is 2.10. The fraction of sp³-hybridized carbons (Fsp3) is 0.316. The van der Waals surface area contributed by atoms with Crippen molar-refractivity contribution in [1.29, 1.82) is 0 Å². The smallest absolute Gasteiger partial charge is 0.338 e. The van der Waals surface area contributed by atoms with E-state index in [0.717, 1.165) is 0 Å². The molecule has 5 nitrogen and oxygen atoms in total. The third-order valence-electron chi connectivity index (χ3n) is 4.26. The van der Waals surface area contributed by atoms with Crippen LogP contribution in [0.5, 0.6) is 0 Å². The molecule has 0 N–H and O–H groups in total. The van der Waals surface area contributed by atoms with Crippen molar-refractivity contribution in [1.82, 2.24) is 4.90 Å². The molecule has 26 heavy (non-hydrogen) atoms. The lowest BCUT2D eigenvalue weighted by atomic mass is 9.94. The van der Waals surface area contributed by atoms with E-state index in [1.165, 1.54) is 34.9 Å². The van der Waals surface area contributed by atoms with Crippen LogP contribution in [0.15, 0.2) is 53.2 Å². The van der Waals surface area contributed by atoms with Crippen LogP contribution in [-0.2, 0) is 14.3 Å². The molecule has 0 aliphatic carbocycles. The van der Waals surface area contributed by atoms with Crippen molar-refractivity contribution in [2.45, 2.75) is 31.6 Å². The van der Waals surface area contributed by atoms with Gasteiger partial charge in [0, 0.05) is 0 Å². The average molecular weight is 374 g/mol. The Hall–Kier alpha value is -2.41. The average Bonchev–Trinajstić information content (AvgIpc) is 2.94. The number of amidine groups is 1. The number of hydrogen-bond donors (Lipinski definition) is 0. The maximum absolute atomic E-state index is 13.4. The molecule has 1 aromatic rings. The van der Waals surface area contributed by atoms with Gasteiger partial charge in [-0.05, 0) is 31.0 Å². The second-order valence-corrected chi connectivity index (χ2v) is 7.13. The molecule has 0 unspecified atom stereocenters. The van der Waals surface area contributed by atoms with Crippen LogP contribution in [-0.4, -0.2) is 33.8 Å². The fourth-order valence-corrected chi connectivity index (χ4v) is 4.16. The largest absolute Gasteiger partial charge is 0.458 e. The maximum Gasteiger partial charge on any atom is 0.338 e. The van der Waals surface area contributed by atoms with Crippen LogP contribution in [0.1, 0.15) is 31.9 Å². The number of hydrogen-bond acceptors (Lipinski definition) is 5. The minimum atomic E-state index is -0.683. The van der Waals surface area contributed by atoms with E-state index in [9.17, 15) is 14.0 Å². The van der Waals surface area contributed by atoms with Crippen molar-refractivity contribution >= 4 is 28.8 Å². The SMILES string of the molecule is C=CCOC(=O)C1=C(C)N=C2S[C@H](CC)C(=O)N2[C@H]1c1ccc(F)cc1. The number of benzene rings is 1. The topological polar surface area (TPSA) is 59.0 Å². The molecule has 1 aromatic carbocycles. The van der Waals surface area contributed by atoms with E-state index in [1.807, 2.05) is 6.92 Å². The van der Waals surface area contributed by atoms with Gasteiger partial charge in [-0.1, -0.05) is 43.5 Å². The summed E-state index contributed by atoms with van der Waals surface area (Å²) in [5.41, 5.74) is 1.42. The van der Waals surface area contributed by atoms with Gasteiger partial charge in [-0.25, -0.2) is 14.2 Å². The first-order valence-electron chi connectivity index (χ1n) is 8.30. The molecule has 136 valence electrons. The number of halogens is 1. The Morgan fingerprint density at radius 1 is 1.42 bits per heavy atom. The van der Waals surface area contributed by atoms with Crippen LogP contribution in [0, 0.1) is 5.82 Å². The Bertz CT molecular complexity index is 817. The van der Waals surface area contributed by atoms with E-state index in [1.54, 1.807) is 19.1 Å². The van der Waals surface area contributed by atoms with E-state index in [2.05, 4.69) is 11.6 Å². The van der Waals surface area contributed by atoms with Crippen LogP contribution in [0.3, 0.4) is 0 Å². The Morgan fingerprint density at radius 2 is 2.12 bits per heavy atom. The monoisotopic (exact) mass is 374 g/mol. The van der Waals surface area contributed by atoms with Crippen molar-refractivity contribution in [3.8, 4) is 0 Å². The van der Waals surface area contributed by atoms with Gasteiger partial charge in [-0.15, -0.1) is 0 Å². The van der Waals surface area contributed by atoms with Gasteiger partial charge in [0.1, 0.15) is 12.4 Å². The van der Waals surface area contributed by atoms with Crippen LogP contribution in [0.2, 0.25) is 0 Å². The molecule has 7 heteroatoms. The number of carbonyl (C=O) groups excluding carboxylic acids is 2. The zero-order valence-corrected chi connectivity index (χ0v) is 15.4. The molecule has 2 aliphatic heterocycles. The van der Waals surface area contributed by atoms with Gasteiger partial charge >= 0.3 is 5.97 Å². The summed E-state index contributed by atoms with van der Waals surface area (Å²) < 4.78 is 18.6. The fourth-order valence-electron chi connectivity index (χ4n) is 3.02. The number of aliphatic imine (C=N–C) groups is 1. The van der Waals surface area contributed by atoms with Crippen molar-refractivity contribution in [3.05, 3.63) is 59.6 Å². The lowest BCUT2D eigenvalue weighted by Gasteiger charge is -2.33. The Labute approximate surface area is 155 Å². The highest BCUT2D eigenvalue weighted by molar-refractivity contribution is 8.15. The highest BCUT2D eigenvalue weighted by atomic mass is 32.2. The molecule has 1 saturated heterocycles. The summed E-state index contributed by atoms with van der Waals surface area (Å²) in [6.45, 7) is 7.25. The van der Waals surface area contributed by atoms with E-state index in [4.69, 9.17) is 4.74 Å². The lowest BCUT2D eigenvalue weighted by Crippen LogP contribution is -2.40. The predicted octanol–water partition coefficient (Wildman–Crippen LogP) is 3.59. The first-order valence-corrected chi connectivity index (χ1v) is 9.18. The third kappa shape index (κ3) is 3.19. The number of allylic oxidation sites excluding steroid dienone is 1. The molecular formula is C19H19FN2O3S. The summed E-state index contributed by atoms with van der Waals surface area (Å²) in [4.78, 5) is 31.5. The van der Waals surface area contributed by atoms with Crippen molar-refractivity contribution in [3.63, 3.8) is 0 Å². The van der Waals surface area contributed by atoms with Gasteiger partial charge < -0.3 is 4.74 Å². The molecule has 1 amide bonds. The molecule has 0 aromatic heterocycles. The van der Waals surface area contributed by atoms with Crippen LogP contribution in [0.4, 0.5) is 4.39 Å². The second-order valence-electron chi connectivity index (χ2n) is 5.96. The molecule has 0 saturated carbocycles. The molecular weight excluding hydrogens is 355 g/mol. The molecule has 3 rings (SSSR count). The Morgan fingerprint density at radius 3 is 2.73 bits per heavy atom. The van der Waals surface area contributed by atoms with Crippen LogP contribution in [0.25, 0.3) is 0 Å². The summed E-state index contributed by atoms with van der Waals surface area (Å²) in [5, 5.41) is 0.321. The normalized spacial score (nSPS) is 22.2. The standard InChI is InChI=1S/C19H19FN2O3S/c1-4-10-25-18(24)15-11(3)21-19-22(17(23)14(5-2)26-19)16(15)12-6-8-13(20)9-7-12/h4,6-9,14,16H,1,5,10H2,2-3H3/t14-,16+/m1/s1. The van der Waals surface area contributed by atoms with E-state index >= 15 is 0 Å². The highest BCUT2D eigenvalue weighted by Crippen LogP contribution is 2.43. The third-order valence-corrected chi connectivity index (χ3v) is 5.58. The number of esters is 1. The Kier molecular flexibility index (Phi) is 5.27. The summed E-state index contributed by atoms with van der Waals surface area (Å²) in [6, 6.07) is 5.10. The number of thioether (sulfide) groups is 1. The molecule has 0 spiro atoms. The summed E-state index contributed by atoms with van der Waals surface area (Å²) in [5.74, 6) is -1.05. The number of fused-ring (bicyclic) bond motifs is 1. The molecule has 2 atom stereocenters. The number of nitrogens with zero attached hydrogens (tertiary/aromatic N) is 2. The maximum atomic E-state index is 13.4. The van der Waals surface area contributed by atoms with Crippen LogP contribution < -0.4 is 0 Å². The minimum Gasteiger partial charge on any atom is -0.458 e. The molecule has 2 aliphatic rings. The highest BCUT2D eigenvalue weighted by Gasteiger charge is 2.47. The lowest BCUT2D eigenvalue weighted by molar-refractivity contribution is -0.139. The van der Waals surface area contributed by atoms with Crippen molar-refractivity contribution in [2.24, 2.45) is 4.99 Å². The zero-order valence-electron chi connectivity index (χ0n) is 14.6. The van der Waals surface area contributed by atoms with E-state index in [0.29, 0.717) is 22.8 Å². The first kappa shape index (κ1) is 18.4. The van der Waals surface area contributed by atoms with Crippen molar-refractivity contribution < 1.29 is 18.7 Å². The summed E-state index contributed by atoms with van der Waals surface area (Å²) >= 11 is 1.39. The van der Waals surface area contributed by atoms with Gasteiger partial charge in [0.2, 0.25) is 5.91 Å². The summed E-state index contributed by atoms with van der Waals surface area (Å²) in [6.07, 6.45) is 2.13. The quantitative estimate of drug-likeness (QED) is 0.584.